The molecule has 0 atom stereocenters. The molecule has 0 spiro atoms. The third-order valence-electron chi connectivity index (χ3n) is 3.04. The normalized spacial score (nSPS) is 22.3. The van der Waals surface area contributed by atoms with Crippen LogP contribution in [-0.4, -0.2) is 29.8 Å². The number of phenols is 1. The van der Waals surface area contributed by atoms with Gasteiger partial charge in [-0.3, -0.25) is 4.79 Å². The Morgan fingerprint density at radius 1 is 1.56 bits per heavy atom. The summed E-state index contributed by atoms with van der Waals surface area (Å²) >= 11 is 0. The molecule has 1 aliphatic carbocycles. The first-order valence-corrected chi connectivity index (χ1v) is 6.01. The predicted molar refractivity (Wildman–Crippen MR) is 64.0 cm³/mol. The summed E-state index contributed by atoms with van der Waals surface area (Å²) in [5, 5.41) is 12.3. The second-order valence-electron chi connectivity index (χ2n) is 4.38. The molecule has 1 saturated carbocycles. The maximum Gasteiger partial charge on any atom is 0.255 e. The number of halogens is 1. The molecule has 1 fully saturated rings. The fourth-order valence-corrected chi connectivity index (χ4v) is 2.02. The Kier molecular flexibility index (Phi) is 3.81. The summed E-state index contributed by atoms with van der Waals surface area (Å²) < 4.78 is 18.2. The van der Waals surface area contributed by atoms with Crippen LogP contribution in [0.5, 0.6) is 5.75 Å². The van der Waals surface area contributed by atoms with Crippen LogP contribution in [0.1, 0.15) is 30.1 Å². The Morgan fingerprint density at radius 2 is 2.28 bits per heavy atom. The van der Waals surface area contributed by atoms with E-state index in [2.05, 4.69) is 5.32 Å². The summed E-state index contributed by atoms with van der Waals surface area (Å²) in [6, 6.07) is 3.42. The Balaban J connectivity index is 1.89. The topological polar surface area (TPSA) is 58.6 Å². The predicted octanol–water partition coefficient (Wildman–Crippen LogP) is 1.83. The fraction of sp³-hybridized carbons (Fsp3) is 0.462. The van der Waals surface area contributed by atoms with Crippen LogP contribution in [0.2, 0.25) is 0 Å². The van der Waals surface area contributed by atoms with Gasteiger partial charge < -0.3 is 15.2 Å². The third kappa shape index (κ3) is 2.79. The fourth-order valence-electron chi connectivity index (χ4n) is 2.02. The molecular weight excluding hydrogens is 237 g/mol. The maximum absolute atomic E-state index is 12.8. The number of aromatic hydroxyl groups is 1. The zero-order valence-corrected chi connectivity index (χ0v) is 10.1. The number of nitrogens with one attached hydrogen (secondary N) is 1. The van der Waals surface area contributed by atoms with Gasteiger partial charge in [-0.25, -0.2) is 4.39 Å². The number of amides is 1. The van der Waals surface area contributed by atoms with Gasteiger partial charge in [0.1, 0.15) is 11.6 Å². The lowest BCUT2D eigenvalue weighted by molar-refractivity contribution is -0.00863. The number of carbonyl (C=O) groups is 1. The van der Waals surface area contributed by atoms with E-state index in [0.29, 0.717) is 6.61 Å². The van der Waals surface area contributed by atoms with Gasteiger partial charge in [-0.15, -0.1) is 0 Å². The van der Waals surface area contributed by atoms with E-state index >= 15 is 0 Å². The van der Waals surface area contributed by atoms with E-state index in [1.807, 2.05) is 6.92 Å². The largest absolute Gasteiger partial charge is 0.507 e. The van der Waals surface area contributed by atoms with Crippen LogP contribution in [0.3, 0.4) is 0 Å². The number of hydrogen-bond donors (Lipinski definition) is 2. The SMILES string of the molecule is CCOC1CC(NC(=O)c2ccc(F)cc2O)C1. The minimum Gasteiger partial charge on any atom is -0.507 e. The highest BCUT2D eigenvalue weighted by molar-refractivity contribution is 5.97. The highest BCUT2D eigenvalue weighted by Crippen LogP contribution is 2.24. The minimum atomic E-state index is -0.566. The Labute approximate surface area is 105 Å². The van der Waals surface area contributed by atoms with Gasteiger partial charge >= 0.3 is 0 Å². The molecule has 0 radical (unpaired) electrons. The van der Waals surface area contributed by atoms with Gasteiger partial charge in [0.2, 0.25) is 0 Å². The number of benzene rings is 1. The zero-order chi connectivity index (χ0) is 13.1. The molecule has 1 amide bonds. The summed E-state index contributed by atoms with van der Waals surface area (Å²) in [6.07, 6.45) is 1.77. The summed E-state index contributed by atoms with van der Waals surface area (Å²) in [5.74, 6) is -1.29. The van der Waals surface area contributed by atoms with E-state index in [4.69, 9.17) is 4.74 Å². The lowest BCUT2D eigenvalue weighted by Crippen LogP contribution is -2.47. The van der Waals surface area contributed by atoms with Crippen LogP contribution in [-0.2, 0) is 4.74 Å². The van der Waals surface area contributed by atoms with Crippen LogP contribution < -0.4 is 5.32 Å². The molecule has 5 heteroatoms. The van der Waals surface area contributed by atoms with E-state index in [0.717, 1.165) is 25.0 Å². The third-order valence-corrected chi connectivity index (χ3v) is 3.04. The van der Waals surface area contributed by atoms with Gasteiger partial charge in [0.15, 0.2) is 0 Å². The van der Waals surface area contributed by atoms with Gasteiger partial charge in [-0.2, -0.15) is 0 Å². The van der Waals surface area contributed by atoms with Crippen LogP contribution in [0, 0.1) is 5.82 Å². The number of rotatable bonds is 4. The van der Waals surface area contributed by atoms with E-state index in [-0.39, 0.29) is 29.4 Å². The summed E-state index contributed by atoms with van der Waals surface area (Å²) in [4.78, 5) is 11.8. The van der Waals surface area contributed by atoms with E-state index < -0.39 is 5.82 Å². The van der Waals surface area contributed by atoms with Crippen molar-refractivity contribution in [2.45, 2.75) is 31.9 Å². The average molecular weight is 253 g/mol. The van der Waals surface area contributed by atoms with E-state index in [1.165, 1.54) is 6.07 Å². The van der Waals surface area contributed by atoms with Crippen molar-refractivity contribution in [3.05, 3.63) is 29.6 Å². The van der Waals surface area contributed by atoms with Crippen molar-refractivity contribution in [2.24, 2.45) is 0 Å². The molecule has 0 unspecified atom stereocenters. The van der Waals surface area contributed by atoms with Gasteiger partial charge in [0.05, 0.1) is 11.7 Å². The number of carbonyl (C=O) groups excluding carboxylic acids is 1. The zero-order valence-electron chi connectivity index (χ0n) is 10.1. The first-order chi connectivity index (χ1) is 8.60. The van der Waals surface area contributed by atoms with Gasteiger partial charge in [-0.05, 0) is 31.9 Å². The van der Waals surface area contributed by atoms with E-state index in [9.17, 15) is 14.3 Å². The van der Waals surface area contributed by atoms with Crippen LogP contribution >= 0.6 is 0 Å². The molecule has 98 valence electrons. The first-order valence-electron chi connectivity index (χ1n) is 6.01. The Hall–Kier alpha value is -1.62. The van der Waals surface area contributed by atoms with Crippen molar-refractivity contribution < 1.29 is 19.0 Å². The summed E-state index contributed by atoms with van der Waals surface area (Å²) in [7, 11) is 0. The number of phenolic OH excluding ortho intramolecular Hbond substituents is 1. The van der Waals surface area contributed by atoms with Crippen molar-refractivity contribution in [3.63, 3.8) is 0 Å². The van der Waals surface area contributed by atoms with E-state index in [1.54, 1.807) is 0 Å². The molecule has 1 aromatic carbocycles. The van der Waals surface area contributed by atoms with Gasteiger partial charge in [-0.1, -0.05) is 0 Å². The minimum absolute atomic E-state index is 0.0681. The summed E-state index contributed by atoms with van der Waals surface area (Å²) in [6.45, 7) is 2.60. The second-order valence-corrected chi connectivity index (χ2v) is 4.38. The molecular formula is C13H16FNO3. The molecule has 0 saturated heterocycles. The monoisotopic (exact) mass is 253 g/mol. The quantitative estimate of drug-likeness (QED) is 0.860. The molecule has 2 rings (SSSR count). The molecule has 1 aliphatic rings. The van der Waals surface area contributed by atoms with Crippen molar-refractivity contribution >= 4 is 5.91 Å². The summed E-state index contributed by atoms with van der Waals surface area (Å²) in [5.41, 5.74) is 0.0938. The van der Waals surface area contributed by atoms with Crippen LogP contribution in [0.15, 0.2) is 18.2 Å². The average Bonchev–Trinajstić information content (AvgIpc) is 2.26. The second kappa shape index (κ2) is 5.35. The van der Waals surface area contributed by atoms with Crippen molar-refractivity contribution in [1.82, 2.24) is 5.32 Å². The van der Waals surface area contributed by atoms with Crippen molar-refractivity contribution in [3.8, 4) is 5.75 Å². The molecule has 0 bridgehead atoms. The smallest absolute Gasteiger partial charge is 0.255 e. The van der Waals surface area contributed by atoms with Gasteiger partial charge in [0, 0.05) is 18.7 Å². The van der Waals surface area contributed by atoms with Gasteiger partial charge in [0.25, 0.3) is 5.91 Å². The molecule has 4 nitrogen and oxygen atoms in total. The van der Waals surface area contributed by atoms with Crippen molar-refractivity contribution in [2.75, 3.05) is 6.61 Å². The Bertz CT molecular complexity index is 444. The first kappa shape index (κ1) is 12.8. The molecule has 1 aromatic rings. The molecule has 0 aliphatic heterocycles. The standard InChI is InChI=1S/C13H16FNO3/c1-2-18-10-6-9(7-10)15-13(17)11-4-3-8(14)5-12(11)16/h3-5,9-10,16H,2,6-7H2,1H3,(H,15,17). The van der Waals surface area contributed by atoms with Crippen LogP contribution in [0.4, 0.5) is 4.39 Å². The lowest BCUT2D eigenvalue weighted by Gasteiger charge is -2.35. The lowest BCUT2D eigenvalue weighted by atomic mass is 9.89. The number of hydrogen-bond acceptors (Lipinski definition) is 3. The number of ether oxygens (including phenoxy) is 1. The molecule has 2 N–H and O–H groups in total. The molecule has 0 aromatic heterocycles. The highest BCUT2D eigenvalue weighted by atomic mass is 19.1. The highest BCUT2D eigenvalue weighted by Gasteiger charge is 2.31. The Morgan fingerprint density at radius 3 is 2.89 bits per heavy atom. The maximum atomic E-state index is 12.8. The van der Waals surface area contributed by atoms with Crippen molar-refractivity contribution in [1.29, 1.82) is 0 Å². The molecule has 18 heavy (non-hydrogen) atoms. The van der Waals surface area contributed by atoms with Crippen LogP contribution in [0.25, 0.3) is 0 Å². The molecule has 0 heterocycles.